The van der Waals surface area contributed by atoms with E-state index >= 15 is 0 Å². The van der Waals surface area contributed by atoms with Crippen molar-refractivity contribution in [3.05, 3.63) is 0 Å². The minimum Gasteiger partial charge on any atom is -0.312 e. The molecule has 1 aliphatic heterocycles. The molecule has 1 N–H and O–H groups in total. The number of hydrogen-bond donors (Lipinski definition) is 1. The van der Waals surface area contributed by atoms with E-state index in [2.05, 4.69) is 24.1 Å². The summed E-state index contributed by atoms with van der Waals surface area (Å²) in [5, 5.41) is 3.85. The quantitative estimate of drug-likeness (QED) is 0.748. The minimum absolute atomic E-state index is 0.765. The van der Waals surface area contributed by atoms with Crippen LogP contribution < -0.4 is 5.32 Å². The molecular weight excluding hydrogens is 220 g/mol. The average Bonchev–Trinajstić information content (AvgIpc) is 2.34. The normalized spacial score (nSPS) is 30.3. The van der Waals surface area contributed by atoms with Crippen molar-refractivity contribution in [3.8, 4) is 0 Å². The lowest BCUT2D eigenvalue weighted by molar-refractivity contribution is 0.131. The van der Waals surface area contributed by atoms with Crippen molar-refractivity contribution in [2.24, 2.45) is 11.8 Å². The highest BCUT2D eigenvalue weighted by atomic mass is 15.2. The molecule has 0 bridgehead atoms. The van der Waals surface area contributed by atoms with Gasteiger partial charge in [0.1, 0.15) is 0 Å². The minimum atomic E-state index is 0.765. The van der Waals surface area contributed by atoms with Crippen LogP contribution in [0.5, 0.6) is 0 Å². The fraction of sp³-hybridized carbons (Fsp3) is 1.00. The van der Waals surface area contributed by atoms with Gasteiger partial charge in [-0.25, -0.2) is 0 Å². The summed E-state index contributed by atoms with van der Waals surface area (Å²) in [4.78, 5) is 2.71. The number of nitrogens with one attached hydrogen (secondary N) is 1. The Morgan fingerprint density at radius 3 is 2.56 bits per heavy atom. The average molecular weight is 252 g/mol. The van der Waals surface area contributed by atoms with Crippen LogP contribution in [-0.2, 0) is 0 Å². The smallest absolute Gasteiger partial charge is 0.0198 e. The maximum absolute atomic E-state index is 3.85. The predicted octanol–water partition coefficient (Wildman–Crippen LogP) is 3.28. The van der Waals surface area contributed by atoms with Crippen LogP contribution in [0.3, 0.4) is 0 Å². The van der Waals surface area contributed by atoms with E-state index in [1.54, 1.807) is 0 Å². The highest BCUT2D eigenvalue weighted by molar-refractivity contribution is 4.84. The third kappa shape index (κ3) is 4.24. The molecule has 0 aromatic heterocycles. The molecule has 2 heteroatoms. The Kier molecular flexibility index (Phi) is 5.97. The Bertz CT molecular complexity index is 225. The van der Waals surface area contributed by atoms with E-state index in [0.717, 1.165) is 17.9 Å². The van der Waals surface area contributed by atoms with E-state index in [4.69, 9.17) is 0 Å². The van der Waals surface area contributed by atoms with Gasteiger partial charge < -0.3 is 10.2 Å². The van der Waals surface area contributed by atoms with E-state index in [-0.39, 0.29) is 0 Å². The van der Waals surface area contributed by atoms with E-state index in [1.165, 1.54) is 71.1 Å². The molecule has 0 amide bonds. The molecule has 1 aliphatic carbocycles. The Labute approximate surface area is 114 Å². The van der Waals surface area contributed by atoms with Crippen molar-refractivity contribution in [1.29, 1.82) is 0 Å². The maximum Gasteiger partial charge on any atom is 0.0198 e. The molecule has 2 fully saturated rings. The molecule has 2 aliphatic rings. The second kappa shape index (κ2) is 7.49. The van der Waals surface area contributed by atoms with Crippen molar-refractivity contribution < 1.29 is 0 Å². The van der Waals surface area contributed by atoms with Crippen molar-refractivity contribution in [1.82, 2.24) is 10.2 Å². The van der Waals surface area contributed by atoms with Gasteiger partial charge in [-0.3, -0.25) is 0 Å². The Balaban J connectivity index is 1.73. The lowest BCUT2D eigenvalue weighted by Crippen LogP contribution is -2.50. The van der Waals surface area contributed by atoms with Gasteiger partial charge in [0.25, 0.3) is 0 Å². The van der Waals surface area contributed by atoms with Crippen LogP contribution in [0.1, 0.15) is 58.8 Å². The molecule has 2 rings (SSSR count). The van der Waals surface area contributed by atoms with E-state index in [1.807, 2.05) is 0 Å². The summed E-state index contributed by atoms with van der Waals surface area (Å²) in [5.41, 5.74) is 0. The van der Waals surface area contributed by atoms with E-state index in [9.17, 15) is 0 Å². The van der Waals surface area contributed by atoms with Crippen LogP contribution in [-0.4, -0.2) is 37.1 Å². The summed E-state index contributed by atoms with van der Waals surface area (Å²) in [6.45, 7) is 9.89. The number of rotatable bonds is 7. The van der Waals surface area contributed by atoms with E-state index < -0.39 is 0 Å². The van der Waals surface area contributed by atoms with Crippen molar-refractivity contribution in [2.45, 2.75) is 64.8 Å². The van der Waals surface area contributed by atoms with Crippen LogP contribution in [0.25, 0.3) is 0 Å². The fourth-order valence-corrected chi connectivity index (χ4v) is 3.34. The van der Waals surface area contributed by atoms with Gasteiger partial charge in [-0.1, -0.05) is 33.1 Å². The zero-order valence-corrected chi connectivity index (χ0v) is 12.5. The first-order chi connectivity index (χ1) is 8.81. The summed E-state index contributed by atoms with van der Waals surface area (Å²) in [6, 6.07) is 0.765. The number of nitrogens with zero attached hydrogens (tertiary/aromatic N) is 1. The van der Waals surface area contributed by atoms with Crippen molar-refractivity contribution >= 4 is 0 Å². The molecule has 1 saturated carbocycles. The highest BCUT2D eigenvalue weighted by Crippen LogP contribution is 2.26. The molecule has 2 unspecified atom stereocenters. The van der Waals surface area contributed by atoms with Crippen LogP contribution >= 0.6 is 0 Å². The third-order valence-electron chi connectivity index (χ3n) is 4.94. The molecule has 1 saturated heterocycles. The zero-order chi connectivity index (χ0) is 12.8. The SMILES string of the molecule is CCCCN1CC(CC)CC(NCC2CCC2)C1. The van der Waals surface area contributed by atoms with Crippen molar-refractivity contribution in [3.63, 3.8) is 0 Å². The van der Waals surface area contributed by atoms with Gasteiger partial charge in [0.05, 0.1) is 0 Å². The maximum atomic E-state index is 3.85. The summed E-state index contributed by atoms with van der Waals surface area (Å²) >= 11 is 0. The topological polar surface area (TPSA) is 15.3 Å². The summed E-state index contributed by atoms with van der Waals surface area (Å²) < 4.78 is 0. The van der Waals surface area contributed by atoms with Crippen LogP contribution in [0, 0.1) is 11.8 Å². The molecule has 1 heterocycles. The Morgan fingerprint density at radius 2 is 1.94 bits per heavy atom. The second-order valence-corrected chi connectivity index (χ2v) is 6.53. The molecule has 2 nitrogen and oxygen atoms in total. The molecule has 0 spiro atoms. The largest absolute Gasteiger partial charge is 0.312 e. The van der Waals surface area contributed by atoms with Crippen LogP contribution in [0.15, 0.2) is 0 Å². The van der Waals surface area contributed by atoms with E-state index in [0.29, 0.717) is 0 Å². The lowest BCUT2D eigenvalue weighted by Gasteiger charge is -2.39. The summed E-state index contributed by atoms with van der Waals surface area (Å²) in [6.07, 6.45) is 9.86. The highest BCUT2D eigenvalue weighted by Gasteiger charge is 2.26. The fourth-order valence-electron chi connectivity index (χ4n) is 3.34. The second-order valence-electron chi connectivity index (χ2n) is 6.53. The monoisotopic (exact) mass is 252 g/mol. The molecule has 18 heavy (non-hydrogen) atoms. The zero-order valence-electron chi connectivity index (χ0n) is 12.5. The van der Waals surface area contributed by atoms with Gasteiger partial charge in [-0.15, -0.1) is 0 Å². The Morgan fingerprint density at radius 1 is 1.11 bits per heavy atom. The molecule has 106 valence electrons. The molecule has 0 aromatic rings. The van der Waals surface area contributed by atoms with Gasteiger partial charge in [-0.2, -0.15) is 0 Å². The van der Waals surface area contributed by atoms with Gasteiger partial charge in [-0.05, 0) is 50.6 Å². The van der Waals surface area contributed by atoms with Gasteiger partial charge in [0, 0.05) is 19.1 Å². The first-order valence-corrected chi connectivity index (χ1v) is 8.27. The predicted molar refractivity (Wildman–Crippen MR) is 78.9 cm³/mol. The molecule has 2 atom stereocenters. The van der Waals surface area contributed by atoms with Gasteiger partial charge in [0.2, 0.25) is 0 Å². The summed E-state index contributed by atoms with van der Waals surface area (Å²) in [5.74, 6) is 1.92. The Hall–Kier alpha value is -0.0800. The number of hydrogen-bond acceptors (Lipinski definition) is 2. The number of unbranched alkanes of at least 4 members (excludes halogenated alkanes) is 1. The first-order valence-electron chi connectivity index (χ1n) is 8.27. The standard InChI is InChI=1S/C16H32N2/c1-3-5-9-18-12-14(4-2)10-16(13-18)17-11-15-7-6-8-15/h14-17H,3-13H2,1-2H3. The van der Waals surface area contributed by atoms with Gasteiger partial charge >= 0.3 is 0 Å². The summed E-state index contributed by atoms with van der Waals surface area (Å²) in [7, 11) is 0. The lowest BCUT2D eigenvalue weighted by atomic mass is 9.84. The number of likely N-dealkylation sites (tertiary alicyclic amines) is 1. The number of piperidine rings is 1. The van der Waals surface area contributed by atoms with Crippen LogP contribution in [0.4, 0.5) is 0 Å². The molecule has 0 aromatic carbocycles. The van der Waals surface area contributed by atoms with Gasteiger partial charge in [0.15, 0.2) is 0 Å². The molecular formula is C16H32N2. The van der Waals surface area contributed by atoms with Crippen molar-refractivity contribution in [2.75, 3.05) is 26.2 Å². The molecule has 0 radical (unpaired) electrons. The third-order valence-corrected chi connectivity index (χ3v) is 4.94. The first kappa shape index (κ1) is 14.3. The van der Waals surface area contributed by atoms with Crippen LogP contribution in [0.2, 0.25) is 0 Å².